The number of pyridine rings is 1. The van der Waals surface area contributed by atoms with Crippen molar-refractivity contribution in [3.63, 3.8) is 0 Å². The smallest absolute Gasteiger partial charge is 0.435 e. The second-order valence-corrected chi connectivity index (χ2v) is 8.39. The highest BCUT2D eigenvalue weighted by Crippen LogP contribution is 2.45. The minimum atomic E-state index is -4.66. The summed E-state index contributed by atoms with van der Waals surface area (Å²) in [5, 5.41) is 16.5. The van der Waals surface area contributed by atoms with E-state index in [2.05, 4.69) is 30.9 Å². The molecule has 36 heavy (non-hydrogen) atoms. The van der Waals surface area contributed by atoms with E-state index in [1.807, 2.05) is 0 Å². The van der Waals surface area contributed by atoms with Gasteiger partial charge in [0.1, 0.15) is 10.8 Å². The van der Waals surface area contributed by atoms with Gasteiger partial charge in [0.05, 0.1) is 23.5 Å². The fraction of sp³-hybridized carbons (Fsp3) is 0.381. The highest BCUT2D eigenvalue weighted by Gasteiger charge is 2.39. The molecule has 1 aliphatic rings. The molecule has 3 aromatic heterocycles. The summed E-state index contributed by atoms with van der Waals surface area (Å²) in [7, 11) is 1.39. The molecule has 1 aliphatic carbocycles. The van der Waals surface area contributed by atoms with Crippen LogP contribution in [-0.2, 0) is 19.8 Å². The topological polar surface area (TPSA) is 107 Å². The van der Waals surface area contributed by atoms with Gasteiger partial charge >= 0.3 is 12.2 Å². The predicted octanol–water partition coefficient (Wildman–Crippen LogP) is 4.79. The molecule has 0 saturated heterocycles. The number of aromatic nitrogens is 5. The van der Waals surface area contributed by atoms with Crippen LogP contribution >= 0.6 is 11.6 Å². The van der Waals surface area contributed by atoms with Crippen molar-refractivity contribution >= 4 is 23.3 Å². The maximum Gasteiger partial charge on any atom is 0.435 e. The molecule has 0 radical (unpaired) electrons. The Kier molecular flexibility index (Phi) is 7.24. The Bertz CT molecular complexity index is 1260. The molecule has 2 amide bonds. The molecular weight excluding hydrogens is 513 g/mol. The molecule has 0 aromatic carbocycles. The fourth-order valence-electron chi connectivity index (χ4n) is 3.43. The van der Waals surface area contributed by atoms with Crippen LogP contribution in [0.4, 0.5) is 32.4 Å². The number of hydrogen-bond donors (Lipinski definition) is 2. The van der Waals surface area contributed by atoms with Crippen LogP contribution in [0.1, 0.15) is 35.7 Å². The van der Waals surface area contributed by atoms with E-state index in [0.717, 1.165) is 17.5 Å². The van der Waals surface area contributed by atoms with Gasteiger partial charge in [0.25, 0.3) is 6.43 Å². The fourth-order valence-corrected chi connectivity index (χ4v) is 3.64. The second kappa shape index (κ2) is 10.2. The Morgan fingerprint density at radius 1 is 1.25 bits per heavy atom. The van der Waals surface area contributed by atoms with Crippen LogP contribution in [0, 0.1) is 0 Å². The molecule has 3 heterocycles. The first-order chi connectivity index (χ1) is 17.0. The third-order valence-corrected chi connectivity index (χ3v) is 5.25. The summed E-state index contributed by atoms with van der Waals surface area (Å²) in [6.45, 7) is -0.966. The van der Waals surface area contributed by atoms with Gasteiger partial charge in [-0.05, 0) is 36.5 Å². The quantitative estimate of drug-likeness (QED) is 0.320. The Morgan fingerprint density at radius 2 is 2.00 bits per heavy atom. The lowest BCUT2D eigenvalue weighted by Gasteiger charge is -2.12. The maximum atomic E-state index is 13.5. The van der Waals surface area contributed by atoms with Crippen molar-refractivity contribution in [2.75, 3.05) is 11.9 Å². The number of rotatable bonds is 8. The summed E-state index contributed by atoms with van der Waals surface area (Å²) in [6.07, 6.45) is -4.52. The molecule has 15 heteroatoms. The van der Waals surface area contributed by atoms with Crippen LogP contribution < -0.4 is 15.4 Å². The zero-order valence-electron chi connectivity index (χ0n) is 18.6. The molecule has 0 aliphatic heterocycles. The predicted molar refractivity (Wildman–Crippen MR) is 118 cm³/mol. The van der Waals surface area contributed by atoms with Gasteiger partial charge in [-0.25, -0.2) is 18.6 Å². The molecular formula is C21H19ClF5N7O2. The van der Waals surface area contributed by atoms with Crippen LogP contribution in [0.5, 0.6) is 5.88 Å². The molecule has 0 bridgehead atoms. The highest BCUT2D eigenvalue weighted by atomic mass is 35.5. The number of ether oxygens (including phenoxy) is 1. The summed E-state index contributed by atoms with van der Waals surface area (Å²) >= 11 is 5.84. The third kappa shape index (κ3) is 6.36. The maximum absolute atomic E-state index is 13.5. The molecule has 3 aromatic rings. The number of halogens is 6. The van der Waals surface area contributed by atoms with Gasteiger partial charge in [0.15, 0.2) is 12.3 Å². The first-order valence-electron chi connectivity index (χ1n) is 10.6. The van der Waals surface area contributed by atoms with E-state index < -0.39 is 30.9 Å². The molecule has 0 atom stereocenters. The average molecular weight is 532 g/mol. The number of aryl methyl sites for hydroxylation is 1. The van der Waals surface area contributed by atoms with Crippen LogP contribution in [0.3, 0.4) is 0 Å². The van der Waals surface area contributed by atoms with Crippen molar-refractivity contribution in [2.45, 2.75) is 37.9 Å². The summed E-state index contributed by atoms with van der Waals surface area (Å²) in [5.74, 6) is -0.155. The summed E-state index contributed by atoms with van der Waals surface area (Å²) in [6, 6.07) is 3.46. The second-order valence-electron chi connectivity index (χ2n) is 8.00. The Labute approximate surface area is 206 Å². The molecule has 1 fully saturated rings. The minimum absolute atomic E-state index is 0.0370. The SMILES string of the molecule is Cn1cc(-c2nnc(CNC(=O)Nc3cc(Cl)nc(OCC(F)F)c3)cc2C2CC2)c(C(F)(F)F)n1. The zero-order valence-corrected chi connectivity index (χ0v) is 19.4. The van der Waals surface area contributed by atoms with Crippen LogP contribution in [-0.4, -0.2) is 44.0 Å². The Hall–Kier alpha value is -3.55. The number of anilines is 1. The average Bonchev–Trinajstić information content (AvgIpc) is 3.56. The van der Waals surface area contributed by atoms with Gasteiger partial charge in [0, 0.05) is 19.3 Å². The van der Waals surface area contributed by atoms with Crippen LogP contribution in [0.2, 0.25) is 5.15 Å². The van der Waals surface area contributed by atoms with Crippen molar-refractivity contribution in [1.29, 1.82) is 0 Å². The number of hydrogen-bond acceptors (Lipinski definition) is 6. The van der Waals surface area contributed by atoms with Gasteiger partial charge in [-0.2, -0.15) is 23.4 Å². The number of carbonyl (C=O) groups is 1. The van der Waals surface area contributed by atoms with E-state index in [1.165, 1.54) is 25.4 Å². The lowest BCUT2D eigenvalue weighted by molar-refractivity contribution is -0.141. The number of nitrogens with one attached hydrogen (secondary N) is 2. The molecule has 9 nitrogen and oxygen atoms in total. The lowest BCUT2D eigenvalue weighted by Crippen LogP contribution is -2.28. The molecule has 2 N–H and O–H groups in total. The van der Waals surface area contributed by atoms with Crippen molar-refractivity contribution in [1.82, 2.24) is 30.3 Å². The lowest BCUT2D eigenvalue weighted by atomic mass is 10.0. The van der Waals surface area contributed by atoms with E-state index >= 15 is 0 Å². The Morgan fingerprint density at radius 3 is 2.67 bits per heavy atom. The van der Waals surface area contributed by atoms with Gasteiger partial charge in [-0.1, -0.05) is 11.6 Å². The molecule has 192 valence electrons. The van der Waals surface area contributed by atoms with Crippen molar-refractivity contribution in [2.24, 2.45) is 7.05 Å². The van der Waals surface area contributed by atoms with E-state index in [4.69, 9.17) is 16.3 Å². The monoisotopic (exact) mass is 531 g/mol. The number of urea groups is 1. The van der Waals surface area contributed by atoms with Crippen molar-refractivity contribution in [3.05, 3.63) is 46.5 Å². The van der Waals surface area contributed by atoms with E-state index in [9.17, 15) is 26.7 Å². The summed E-state index contributed by atoms with van der Waals surface area (Å²) in [4.78, 5) is 16.1. The molecule has 4 rings (SSSR count). The van der Waals surface area contributed by atoms with Crippen LogP contribution in [0.25, 0.3) is 11.3 Å². The third-order valence-electron chi connectivity index (χ3n) is 5.06. The van der Waals surface area contributed by atoms with E-state index in [1.54, 1.807) is 6.07 Å². The summed E-state index contributed by atoms with van der Waals surface area (Å²) in [5.41, 5.74) is -0.0122. The number of amides is 2. The van der Waals surface area contributed by atoms with Gasteiger partial charge in [-0.3, -0.25) is 4.68 Å². The Balaban J connectivity index is 1.46. The minimum Gasteiger partial charge on any atom is -0.471 e. The number of alkyl halides is 5. The van der Waals surface area contributed by atoms with Crippen LogP contribution in [0.15, 0.2) is 24.4 Å². The van der Waals surface area contributed by atoms with Crippen molar-refractivity contribution < 1.29 is 31.5 Å². The van der Waals surface area contributed by atoms with Gasteiger partial charge < -0.3 is 15.4 Å². The first kappa shape index (κ1) is 25.5. The first-order valence-corrected chi connectivity index (χ1v) is 11.0. The zero-order chi connectivity index (χ0) is 26.0. The molecule has 0 unspecified atom stereocenters. The summed E-state index contributed by atoms with van der Waals surface area (Å²) < 4.78 is 70.9. The van der Waals surface area contributed by atoms with Gasteiger partial charge in [-0.15, -0.1) is 5.10 Å². The van der Waals surface area contributed by atoms with Gasteiger partial charge in [0.2, 0.25) is 5.88 Å². The highest BCUT2D eigenvalue weighted by molar-refractivity contribution is 6.29. The molecule has 0 spiro atoms. The normalized spacial score (nSPS) is 13.7. The van der Waals surface area contributed by atoms with E-state index in [0.29, 0.717) is 11.3 Å². The number of carbonyl (C=O) groups excluding carboxylic acids is 1. The standard InChI is InChI=1S/C21H19ClF5N7O2/c1-34-8-14(19(33-34)21(25,26)27)18-13(10-2-3-10)4-12(31-32-18)7-28-20(35)29-11-5-15(22)30-17(6-11)36-9-16(23)24/h4-6,8,10,16H,2-3,7,9H2,1H3,(H2,28,29,30,35). The largest absolute Gasteiger partial charge is 0.471 e. The van der Waals surface area contributed by atoms with Crippen molar-refractivity contribution in [3.8, 4) is 17.1 Å². The van der Waals surface area contributed by atoms with E-state index in [-0.39, 0.29) is 40.4 Å². The number of nitrogens with zero attached hydrogens (tertiary/aromatic N) is 5. The molecule has 1 saturated carbocycles.